The molecule has 0 spiro atoms. The molecule has 0 aromatic heterocycles. The van der Waals surface area contributed by atoms with Gasteiger partial charge in [-0.05, 0) is 49.2 Å². The topological polar surface area (TPSA) is 87.2 Å². The van der Waals surface area contributed by atoms with Crippen molar-refractivity contribution in [2.45, 2.75) is 44.6 Å². The van der Waals surface area contributed by atoms with Crippen LogP contribution in [0.1, 0.15) is 31.4 Å². The van der Waals surface area contributed by atoms with Crippen molar-refractivity contribution in [2.24, 2.45) is 0 Å². The molecule has 0 saturated carbocycles. The van der Waals surface area contributed by atoms with E-state index < -0.39 is 15.9 Å². The number of hydrogen-bond acceptors (Lipinski definition) is 5. The van der Waals surface area contributed by atoms with Crippen molar-refractivity contribution >= 4 is 32.0 Å². The molecule has 33 heavy (non-hydrogen) atoms. The van der Waals surface area contributed by atoms with Crippen LogP contribution in [0.2, 0.25) is 0 Å². The molecule has 2 aromatic rings. The normalized spacial score (nSPS) is 19.5. The summed E-state index contributed by atoms with van der Waals surface area (Å²) in [7, 11) is -4.25. The van der Waals surface area contributed by atoms with Crippen LogP contribution in [0.5, 0.6) is 5.75 Å². The number of amides is 1. The molecule has 7 nitrogen and oxygen atoms in total. The number of hydrogen-bond donors (Lipinski definition) is 1. The lowest BCUT2D eigenvalue weighted by Gasteiger charge is -2.45. The molecule has 2 aromatic carbocycles. The van der Waals surface area contributed by atoms with Crippen LogP contribution in [0.15, 0.2) is 46.9 Å². The quantitative estimate of drug-likeness (QED) is 0.509. The van der Waals surface area contributed by atoms with Crippen LogP contribution in [0.4, 0.5) is 4.39 Å². The van der Waals surface area contributed by atoms with Gasteiger partial charge in [-0.3, -0.25) is 14.2 Å². The van der Waals surface area contributed by atoms with E-state index in [4.69, 9.17) is 4.74 Å². The van der Waals surface area contributed by atoms with E-state index >= 15 is 0 Å². The van der Waals surface area contributed by atoms with E-state index in [0.29, 0.717) is 24.1 Å². The van der Waals surface area contributed by atoms with E-state index in [1.165, 1.54) is 12.1 Å². The molecule has 1 heterocycles. The highest BCUT2D eigenvalue weighted by Gasteiger charge is 2.33. The number of piperazine rings is 1. The molecule has 1 amide bonds. The maximum Gasteiger partial charge on any atom is 0.269 e. The second-order valence-corrected chi connectivity index (χ2v) is 10.6. The van der Waals surface area contributed by atoms with Crippen molar-refractivity contribution in [1.82, 2.24) is 9.80 Å². The second-order valence-electron chi connectivity index (χ2n) is 8.28. The molecular formula is C23H28BrFN2O5S. The van der Waals surface area contributed by atoms with Gasteiger partial charge >= 0.3 is 0 Å². The van der Waals surface area contributed by atoms with Crippen LogP contribution in [-0.2, 0) is 27.2 Å². The van der Waals surface area contributed by atoms with Gasteiger partial charge in [0.1, 0.15) is 17.3 Å². The van der Waals surface area contributed by atoms with Gasteiger partial charge in [-0.1, -0.05) is 35.0 Å². The Balaban J connectivity index is 1.65. The van der Waals surface area contributed by atoms with E-state index in [1.807, 2.05) is 11.8 Å². The maximum absolute atomic E-state index is 13.2. The highest BCUT2D eigenvalue weighted by molar-refractivity contribution is 9.10. The Morgan fingerprint density at radius 2 is 1.91 bits per heavy atom. The first-order chi connectivity index (χ1) is 15.6. The van der Waals surface area contributed by atoms with E-state index in [2.05, 4.69) is 27.8 Å². The Morgan fingerprint density at radius 3 is 2.55 bits per heavy atom. The van der Waals surface area contributed by atoms with Crippen LogP contribution < -0.4 is 4.74 Å². The van der Waals surface area contributed by atoms with Crippen molar-refractivity contribution in [2.75, 3.05) is 19.7 Å². The first-order valence-corrected chi connectivity index (χ1v) is 13.1. The van der Waals surface area contributed by atoms with E-state index in [9.17, 15) is 22.2 Å². The largest absolute Gasteiger partial charge is 0.483 e. The summed E-state index contributed by atoms with van der Waals surface area (Å²) in [4.78, 5) is 17.1. The fourth-order valence-corrected chi connectivity index (χ4v) is 5.05. The minimum absolute atomic E-state index is 0.0000406. The summed E-state index contributed by atoms with van der Waals surface area (Å²) in [5.41, 5.74) is 1.28. The molecule has 1 aliphatic heterocycles. The van der Waals surface area contributed by atoms with E-state index in [1.54, 1.807) is 30.3 Å². The predicted molar refractivity (Wildman–Crippen MR) is 127 cm³/mol. The summed E-state index contributed by atoms with van der Waals surface area (Å²) < 4.78 is 51.4. The van der Waals surface area contributed by atoms with E-state index in [0.717, 1.165) is 12.0 Å². The fraction of sp³-hybridized carbons (Fsp3) is 0.435. The highest BCUT2D eigenvalue weighted by Crippen LogP contribution is 2.26. The third-order valence-electron chi connectivity index (χ3n) is 5.77. The summed E-state index contributed by atoms with van der Waals surface area (Å²) in [6.07, 6.45) is 0.769. The first-order valence-electron chi connectivity index (χ1n) is 10.7. The van der Waals surface area contributed by atoms with Crippen LogP contribution in [0, 0.1) is 5.82 Å². The van der Waals surface area contributed by atoms with Gasteiger partial charge < -0.3 is 9.64 Å². The van der Waals surface area contributed by atoms with Crippen molar-refractivity contribution in [1.29, 1.82) is 0 Å². The number of rotatable bonds is 8. The molecule has 0 aliphatic carbocycles. The number of carbonyl (C=O) groups excluding carboxylic acids is 1. The van der Waals surface area contributed by atoms with Gasteiger partial charge in [-0.2, -0.15) is 8.42 Å². The molecule has 1 N–H and O–H groups in total. The molecule has 0 unspecified atom stereocenters. The molecule has 0 radical (unpaired) electrons. The third kappa shape index (κ3) is 7.23. The monoisotopic (exact) mass is 542 g/mol. The number of carbonyl (C=O) groups is 1. The number of halogens is 2. The minimum Gasteiger partial charge on any atom is -0.483 e. The maximum atomic E-state index is 13.2. The van der Waals surface area contributed by atoms with Crippen molar-refractivity contribution in [3.8, 4) is 5.75 Å². The summed E-state index contributed by atoms with van der Waals surface area (Å²) in [5.74, 6) is -0.817. The molecule has 2 atom stereocenters. The van der Waals surface area contributed by atoms with Gasteiger partial charge in [0.2, 0.25) is 0 Å². The third-order valence-corrected chi connectivity index (χ3v) is 6.94. The zero-order chi connectivity index (χ0) is 24.2. The Kier molecular flexibility index (Phi) is 8.49. The average molecular weight is 543 g/mol. The standard InChI is InChI=1S/C23H28BrFN2O5S/c1-3-21-13-26(12-17-4-7-20(25)8-5-17)16(2)11-27(21)23(28)14-32-22-9-6-19(24)10-18(22)15-33(29,30)31/h4-10,16,21H,3,11-15H2,1-2H3,(H,29,30,31)/t16-,21+/m0/s1. The lowest BCUT2D eigenvalue weighted by atomic mass is 10.0. The van der Waals surface area contributed by atoms with Gasteiger partial charge in [0, 0.05) is 41.8 Å². The van der Waals surface area contributed by atoms with Crippen molar-refractivity contribution in [3.63, 3.8) is 0 Å². The Morgan fingerprint density at radius 1 is 1.21 bits per heavy atom. The second kappa shape index (κ2) is 10.9. The summed E-state index contributed by atoms with van der Waals surface area (Å²) in [6.45, 7) is 5.73. The van der Waals surface area contributed by atoms with Crippen LogP contribution >= 0.6 is 15.9 Å². The van der Waals surface area contributed by atoms with Gasteiger partial charge in [0.15, 0.2) is 6.61 Å². The molecule has 0 bridgehead atoms. The van der Waals surface area contributed by atoms with E-state index in [-0.39, 0.29) is 41.7 Å². The van der Waals surface area contributed by atoms with Gasteiger partial charge in [0.05, 0.1) is 0 Å². The molecule has 1 aliphatic rings. The molecule has 1 fully saturated rings. The minimum atomic E-state index is -4.25. The van der Waals surface area contributed by atoms with Crippen molar-refractivity contribution in [3.05, 3.63) is 63.9 Å². The molecule has 3 rings (SSSR count). The SMILES string of the molecule is CC[C@@H]1CN(Cc2ccc(F)cc2)[C@@H](C)CN1C(=O)COc1ccc(Br)cc1CS(=O)(=O)O. The lowest BCUT2D eigenvalue weighted by molar-refractivity contribution is -0.140. The van der Waals surface area contributed by atoms with Crippen LogP contribution in [0.25, 0.3) is 0 Å². The first kappa shape index (κ1) is 25.6. The van der Waals surface area contributed by atoms with Crippen LogP contribution in [0.3, 0.4) is 0 Å². The number of nitrogens with zero attached hydrogens (tertiary/aromatic N) is 2. The smallest absolute Gasteiger partial charge is 0.269 e. The zero-order valence-corrected chi connectivity index (χ0v) is 21.0. The molecule has 10 heteroatoms. The Hall–Kier alpha value is -2.01. The summed E-state index contributed by atoms with van der Waals surface area (Å²) in [6, 6.07) is 11.3. The lowest BCUT2D eigenvalue weighted by Crippen LogP contribution is -2.59. The fourth-order valence-electron chi connectivity index (χ4n) is 4.02. The summed E-state index contributed by atoms with van der Waals surface area (Å²) >= 11 is 3.27. The van der Waals surface area contributed by atoms with Crippen molar-refractivity contribution < 1.29 is 26.9 Å². The van der Waals surface area contributed by atoms with Crippen LogP contribution in [-0.4, -0.2) is 60.5 Å². The zero-order valence-electron chi connectivity index (χ0n) is 18.6. The molecule has 1 saturated heterocycles. The van der Waals surface area contributed by atoms with Gasteiger partial charge in [0.25, 0.3) is 16.0 Å². The highest BCUT2D eigenvalue weighted by atomic mass is 79.9. The average Bonchev–Trinajstić information content (AvgIpc) is 2.74. The number of ether oxygens (including phenoxy) is 1. The van der Waals surface area contributed by atoms with Gasteiger partial charge in [-0.15, -0.1) is 0 Å². The Labute approximate surface area is 202 Å². The Bertz CT molecular complexity index is 1080. The number of benzene rings is 2. The van der Waals surface area contributed by atoms with Gasteiger partial charge in [-0.25, -0.2) is 4.39 Å². The molecular weight excluding hydrogens is 515 g/mol. The summed E-state index contributed by atoms with van der Waals surface area (Å²) in [5, 5.41) is 0. The molecule has 180 valence electrons. The predicted octanol–water partition coefficient (Wildman–Crippen LogP) is 3.87.